The number of anilines is 1. The molecular weight excluding hydrogens is 256 g/mol. The molecule has 21 heavy (non-hydrogen) atoms. The standard InChI is InChI=1S/C19H18N2/c1-21(2)17-12-10-15(11-13-17)6-5-7-16-14-20-19-9-4-3-8-18(16)19/h3-14H,1-2H3. The molecule has 0 saturated carbocycles. The summed E-state index contributed by atoms with van der Waals surface area (Å²) in [5.41, 5.74) is 5.81. The van der Waals surface area contributed by atoms with E-state index < -0.39 is 0 Å². The predicted molar refractivity (Wildman–Crippen MR) is 92.4 cm³/mol. The third-order valence-corrected chi connectivity index (χ3v) is 3.53. The lowest BCUT2D eigenvalue weighted by atomic mass is 10.1. The van der Waals surface area contributed by atoms with Gasteiger partial charge in [-0.2, -0.15) is 0 Å². The lowest BCUT2D eigenvalue weighted by Crippen LogP contribution is -2.07. The van der Waals surface area contributed by atoms with E-state index in [0.29, 0.717) is 0 Å². The number of fused-ring (bicyclic) bond motifs is 1. The summed E-state index contributed by atoms with van der Waals surface area (Å²) in [6.07, 6.45) is 8.22. The minimum absolute atomic E-state index is 1.05. The van der Waals surface area contributed by atoms with Gasteiger partial charge in [0.25, 0.3) is 0 Å². The zero-order valence-electron chi connectivity index (χ0n) is 12.3. The molecule has 2 aromatic carbocycles. The molecule has 0 aliphatic carbocycles. The molecule has 1 aliphatic rings. The zero-order valence-corrected chi connectivity index (χ0v) is 12.3. The quantitative estimate of drug-likeness (QED) is 0.800. The van der Waals surface area contributed by atoms with Crippen LogP contribution in [0.3, 0.4) is 0 Å². The van der Waals surface area contributed by atoms with Crippen molar-refractivity contribution in [2.75, 3.05) is 19.0 Å². The Kier molecular flexibility index (Phi) is 3.69. The van der Waals surface area contributed by atoms with E-state index in [1.165, 1.54) is 16.8 Å². The van der Waals surface area contributed by atoms with E-state index in [1.807, 2.05) is 38.5 Å². The van der Waals surface area contributed by atoms with Crippen LogP contribution in [0.25, 0.3) is 11.6 Å². The number of rotatable bonds is 3. The Bertz CT molecular complexity index is 719. The smallest absolute Gasteiger partial charge is 0.0708 e. The van der Waals surface area contributed by atoms with Crippen LogP contribution in [0.4, 0.5) is 11.4 Å². The minimum Gasteiger partial charge on any atom is -0.378 e. The second kappa shape index (κ2) is 5.80. The topological polar surface area (TPSA) is 15.6 Å². The Morgan fingerprint density at radius 1 is 0.952 bits per heavy atom. The van der Waals surface area contributed by atoms with Gasteiger partial charge in [0.1, 0.15) is 0 Å². The molecule has 2 aromatic rings. The third-order valence-electron chi connectivity index (χ3n) is 3.53. The number of nitrogens with zero attached hydrogens (tertiary/aromatic N) is 2. The van der Waals surface area contributed by atoms with E-state index in [9.17, 15) is 0 Å². The van der Waals surface area contributed by atoms with Gasteiger partial charge in [-0.15, -0.1) is 0 Å². The number of benzene rings is 2. The molecule has 1 aliphatic heterocycles. The second-order valence-electron chi connectivity index (χ2n) is 5.24. The summed E-state index contributed by atoms with van der Waals surface area (Å²) in [6, 6.07) is 16.7. The Labute approximate surface area is 125 Å². The average Bonchev–Trinajstić information content (AvgIpc) is 2.91. The van der Waals surface area contributed by atoms with Gasteiger partial charge in [-0.1, -0.05) is 48.6 Å². The average molecular weight is 274 g/mol. The van der Waals surface area contributed by atoms with Crippen LogP contribution in [-0.4, -0.2) is 20.3 Å². The molecule has 0 spiro atoms. The highest BCUT2D eigenvalue weighted by atomic mass is 15.1. The Hall–Kier alpha value is -2.61. The number of allylic oxidation sites excluding steroid dienone is 3. The fourth-order valence-corrected chi connectivity index (χ4v) is 2.32. The molecule has 104 valence electrons. The van der Waals surface area contributed by atoms with Crippen molar-refractivity contribution in [1.29, 1.82) is 0 Å². The molecule has 2 nitrogen and oxygen atoms in total. The van der Waals surface area contributed by atoms with Gasteiger partial charge < -0.3 is 4.90 Å². The predicted octanol–water partition coefficient (Wildman–Crippen LogP) is 4.57. The first-order valence-electron chi connectivity index (χ1n) is 7.03. The van der Waals surface area contributed by atoms with Crippen molar-refractivity contribution in [3.63, 3.8) is 0 Å². The number of aliphatic imine (C=N–C) groups is 1. The molecule has 0 atom stereocenters. The maximum atomic E-state index is 4.40. The molecule has 0 unspecified atom stereocenters. The molecule has 1 heterocycles. The lowest BCUT2D eigenvalue weighted by Gasteiger charge is -2.11. The molecule has 2 heteroatoms. The molecule has 0 bridgehead atoms. The molecule has 0 radical (unpaired) electrons. The van der Waals surface area contributed by atoms with Crippen LogP contribution in [-0.2, 0) is 0 Å². The molecule has 0 aromatic heterocycles. The first kappa shape index (κ1) is 13.4. The summed E-state index contributed by atoms with van der Waals surface area (Å²) in [7, 11) is 4.10. The summed E-state index contributed by atoms with van der Waals surface area (Å²) in [5, 5.41) is 0. The molecule has 0 N–H and O–H groups in total. The third kappa shape index (κ3) is 2.95. The van der Waals surface area contributed by atoms with Gasteiger partial charge in [0.2, 0.25) is 0 Å². The van der Waals surface area contributed by atoms with E-state index in [0.717, 1.165) is 11.3 Å². The fourth-order valence-electron chi connectivity index (χ4n) is 2.32. The van der Waals surface area contributed by atoms with Crippen molar-refractivity contribution in [1.82, 2.24) is 0 Å². The maximum absolute atomic E-state index is 4.40. The maximum Gasteiger partial charge on any atom is 0.0708 e. The van der Waals surface area contributed by atoms with E-state index in [2.05, 4.69) is 58.5 Å². The van der Waals surface area contributed by atoms with Gasteiger partial charge in [0.15, 0.2) is 0 Å². The lowest BCUT2D eigenvalue weighted by molar-refractivity contribution is 1.13. The van der Waals surface area contributed by atoms with Gasteiger partial charge >= 0.3 is 0 Å². The molecule has 0 saturated heterocycles. The highest BCUT2D eigenvalue weighted by Crippen LogP contribution is 2.30. The van der Waals surface area contributed by atoms with E-state index >= 15 is 0 Å². The first-order chi connectivity index (χ1) is 10.2. The monoisotopic (exact) mass is 274 g/mol. The molecule has 3 rings (SSSR count). The van der Waals surface area contributed by atoms with Gasteiger partial charge in [-0.3, -0.25) is 4.99 Å². The van der Waals surface area contributed by atoms with Crippen molar-refractivity contribution in [3.8, 4) is 0 Å². The Morgan fingerprint density at radius 3 is 2.48 bits per heavy atom. The van der Waals surface area contributed by atoms with Crippen LogP contribution in [0, 0.1) is 0 Å². The van der Waals surface area contributed by atoms with Crippen LogP contribution < -0.4 is 4.90 Å². The molecule has 0 fully saturated rings. The van der Waals surface area contributed by atoms with Crippen LogP contribution in [0.5, 0.6) is 0 Å². The highest BCUT2D eigenvalue weighted by molar-refractivity contribution is 6.16. The summed E-state index contributed by atoms with van der Waals surface area (Å²) >= 11 is 0. The van der Waals surface area contributed by atoms with Crippen molar-refractivity contribution in [3.05, 3.63) is 71.8 Å². The van der Waals surface area contributed by atoms with Gasteiger partial charge in [0.05, 0.1) is 5.69 Å². The van der Waals surface area contributed by atoms with Crippen molar-refractivity contribution >= 4 is 29.2 Å². The van der Waals surface area contributed by atoms with Gasteiger partial charge in [-0.05, 0) is 23.8 Å². The Morgan fingerprint density at radius 2 is 1.71 bits per heavy atom. The minimum atomic E-state index is 1.05. The van der Waals surface area contributed by atoms with E-state index in [-0.39, 0.29) is 0 Å². The van der Waals surface area contributed by atoms with Gasteiger partial charge in [-0.25, -0.2) is 0 Å². The SMILES string of the molecule is CN(C)c1ccc(C=CC=C2C=Nc3ccccc32)cc1. The van der Waals surface area contributed by atoms with Crippen LogP contribution >= 0.6 is 0 Å². The molecule has 0 amide bonds. The van der Waals surface area contributed by atoms with Crippen LogP contribution in [0.2, 0.25) is 0 Å². The van der Waals surface area contributed by atoms with Crippen molar-refractivity contribution in [2.24, 2.45) is 4.99 Å². The number of para-hydroxylation sites is 1. The fraction of sp³-hybridized carbons (Fsp3) is 0.105. The summed E-state index contributed by atoms with van der Waals surface area (Å²) in [4.78, 5) is 6.50. The largest absolute Gasteiger partial charge is 0.378 e. The first-order valence-corrected chi connectivity index (χ1v) is 7.03. The van der Waals surface area contributed by atoms with Crippen molar-refractivity contribution in [2.45, 2.75) is 0 Å². The summed E-state index contributed by atoms with van der Waals surface area (Å²) < 4.78 is 0. The highest BCUT2D eigenvalue weighted by Gasteiger charge is 2.09. The van der Waals surface area contributed by atoms with E-state index in [1.54, 1.807) is 0 Å². The molecular formula is C19H18N2. The van der Waals surface area contributed by atoms with Crippen LogP contribution in [0.15, 0.2) is 65.7 Å². The zero-order chi connectivity index (χ0) is 14.7. The van der Waals surface area contributed by atoms with Crippen LogP contribution in [0.1, 0.15) is 11.1 Å². The van der Waals surface area contributed by atoms with Gasteiger partial charge in [0, 0.05) is 37.1 Å². The van der Waals surface area contributed by atoms with Crippen molar-refractivity contribution < 1.29 is 0 Å². The summed E-state index contributed by atoms with van der Waals surface area (Å²) in [5.74, 6) is 0. The summed E-state index contributed by atoms with van der Waals surface area (Å²) in [6.45, 7) is 0. The number of hydrogen-bond acceptors (Lipinski definition) is 2. The Balaban J connectivity index is 1.76. The number of hydrogen-bond donors (Lipinski definition) is 0. The van der Waals surface area contributed by atoms with E-state index in [4.69, 9.17) is 0 Å². The second-order valence-corrected chi connectivity index (χ2v) is 5.24. The normalized spacial score (nSPS) is 14.9.